The summed E-state index contributed by atoms with van der Waals surface area (Å²) < 4.78 is 2.33. The van der Waals surface area contributed by atoms with E-state index in [0.29, 0.717) is 23.6 Å². The Kier molecular flexibility index (Phi) is 5.62. The highest BCUT2D eigenvalue weighted by atomic mass is 32.1. The fourth-order valence-corrected chi connectivity index (χ4v) is 5.24. The van der Waals surface area contributed by atoms with Gasteiger partial charge in [-0.15, -0.1) is 11.3 Å². The first-order valence-electron chi connectivity index (χ1n) is 10.1. The van der Waals surface area contributed by atoms with Crippen LogP contribution < -0.4 is 4.80 Å². The number of nitro groups is 1. The third-order valence-corrected chi connectivity index (χ3v) is 6.94. The van der Waals surface area contributed by atoms with E-state index in [-0.39, 0.29) is 10.6 Å². The third kappa shape index (κ3) is 3.90. The lowest BCUT2D eigenvalue weighted by Crippen LogP contribution is -2.32. The van der Waals surface area contributed by atoms with Crippen LogP contribution >= 0.6 is 11.3 Å². The molecule has 1 aromatic heterocycles. The van der Waals surface area contributed by atoms with E-state index >= 15 is 0 Å². The number of nitrogens with zero attached hydrogens (tertiary/aromatic N) is 3. The quantitative estimate of drug-likeness (QED) is 0.373. The summed E-state index contributed by atoms with van der Waals surface area (Å²) in [6, 6.07) is 17.4. The van der Waals surface area contributed by atoms with Crippen molar-refractivity contribution >= 4 is 22.7 Å². The van der Waals surface area contributed by atoms with Gasteiger partial charge in [-0.1, -0.05) is 69.2 Å². The molecule has 0 bridgehead atoms. The maximum Gasteiger partial charge on any atom is 0.294 e. The number of benzene rings is 2. The molecule has 29 heavy (non-hydrogen) atoms. The van der Waals surface area contributed by atoms with Gasteiger partial charge in [0.05, 0.1) is 10.6 Å². The van der Waals surface area contributed by atoms with Gasteiger partial charge in [-0.25, -0.2) is 4.99 Å². The van der Waals surface area contributed by atoms with Gasteiger partial charge >= 0.3 is 0 Å². The SMILES string of the molecule is CC1CCCC(n2c(-c3ccccc3)csc2=Nc2ccccc2[N+](=O)[O-])C1C. The van der Waals surface area contributed by atoms with Crippen molar-refractivity contribution in [2.45, 2.75) is 39.2 Å². The Labute approximate surface area is 174 Å². The molecule has 1 fully saturated rings. The van der Waals surface area contributed by atoms with Crippen LogP contribution in [0.25, 0.3) is 11.3 Å². The standard InChI is InChI=1S/C23H25N3O2S/c1-16-9-8-14-20(17(16)2)25-22(18-10-4-3-5-11-18)15-29-23(25)24-19-12-6-7-13-21(19)26(27)28/h3-7,10-13,15-17,20H,8-9,14H2,1-2H3. The van der Waals surface area contributed by atoms with E-state index in [1.807, 2.05) is 18.2 Å². The average Bonchev–Trinajstić information content (AvgIpc) is 3.14. The smallest absolute Gasteiger partial charge is 0.294 e. The highest BCUT2D eigenvalue weighted by molar-refractivity contribution is 7.07. The minimum absolute atomic E-state index is 0.0405. The van der Waals surface area contributed by atoms with E-state index in [2.05, 4.69) is 35.9 Å². The van der Waals surface area contributed by atoms with Crippen molar-refractivity contribution in [3.8, 4) is 11.3 Å². The predicted molar refractivity (Wildman–Crippen MR) is 117 cm³/mol. The van der Waals surface area contributed by atoms with E-state index in [1.54, 1.807) is 29.5 Å². The molecule has 1 aliphatic rings. The normalized spacial score (nSPS) is 22.6. The molecule has 1 heterocycles. The summed E-state index contributed by atoms with van der Waals surface area (Å²) in [7, 11) is 0. The van der Waals surface area contributed by atoms with Gasteiger partial charge < -0.3 is 4.57 Å². The average molecular weight is 408 g/mol. The van der Waals surface area contributed by atoms with Crippen LogP contribution in [0.4, 0.5) is 11.4 Å². The number of thiazole rings is 1. The Morgan fingerprint density at radius 3 is 2.55 bits per heavy atom. The molecule has 6 heteroatoms. The maximum absolute atomic E-state index is 11.5. The summed E-state index contributed by atoms with van der Waals surface area (Å²) in [5.74, 6) is 1.16. The molecule has 0 amide bonds. The van der Waals surface area contributed by atoms with E-state index in [1.165, 1.54) is 18.9 Å². The molecule has 5 nitrogen and oxygen atoms in total. The minimum Gasteiger partial charge on any atom is -0.313 e. The fraction of sp³-hybridized carbons (Fsp3) is 0.348. The third-order valence-electron chi connectivity index (χ3n) is 6.10. The van der Waals surface area contributed by atoms with Crippen molar-refractivity contribution < 1.29 is 4.92 Å². The molecule has 2 aromatic carbocycles. The number of rotatable bonds is 4. The van der Waals surface area contributed by atoms with Crippen molar-refractivity contribution in [3.05, 3.63) is 74.9 Å². The van der Waals surface area contributed by atoms with Crippen LogP contribution in [0.3, 0.4) is 0 Å². The molecule has 0 aliphatic heterocycles. The van der Waals surface area contributed by atoms with Gasteiger partial charge in [-0.2, -0.15) is 0 Å². The van der Waals surface area contributed by atoms with Crippen LogP contribution in [0.5, 0.6) is 0 Å². The molecule has 150 valence electrons. The Morgan fingerprint density at radius 1 is 1.07 bits per heavy atom. The molecule has 0 N–H and O–H groups in total. The van der Waals surface area contributed by atoms with Crippen LogP contribution in [0.1, 0.15) is 39.2 Å². The van der Waals surface area contributed by atoms with Gasteiger partial charge in [0.2, 0.25) is 0 Å². The molecular weight excluding hydrogens is 382 g/mol. The molecule has 3 atom stereocenters. The van der Waals surface area contributed by atoms with Crippen LogP contribution in [0, 0.1) is 22.0 Å². The molecule has 4 rings (SSSR count). The van der Waals surface area contributed by atoms with Crippen LogP contribution in [0.15, 0.2) is 65.0 Å². The Bertz CT molecular complexity index is 1070. The molecule has 1 saturated carbocycles. The van der Waals surface area contributed by atoms with E-state index in [0.717, 1.165) is 22.5 Å². The van der Waals surface area contributed by atoms with Gasteiger partial charge in [-0.3, -0.25) is 10.1 Å². The number of para-hydroxylation sites is 2. The summed E-state index contributed by atoms with van der Waals surface area (Å²) >= 11 is 1.56. The first kappa shape index (κ1) is 19.6. The van der Waals surface area contributed by atoms with Gasteiger partial charge in [0, 0.05) is 17.5 Å². The second-order valence-electron chi connectivity index (χ2n) is 7.83. The maximum atomic E-state index is 11.5. The molecule has 0 radical (unpaired) electrons. The monoisotopic (exact) mass is 407 g/mol. The summed E-state index contributed by atoms with van der Waals surface area (Å²) in [6.07, 6.45) is 3.55. The lowest BCUT2D eigenvalue weighted by atomic mass is 9.78. The number of aromatic nitrogens is 1. The molecule has 1 aliphatic carbocycles. The highest BCUT2D eigenvalue weighted by Crippen LogP contribution is 2.39. The van der Waals surface area contributed by atoms with Gasteiger partial charge in [0.1, 0.15) is 5.69 Å². The minimum atomic E-state index is -0.361. The molecule has 3 unspecified atom stereocenters. The topological polar surface area (TPSA) is 60.4 Å². The molecular formula is C23H25N3O2S. The van der Waals surface area contributed by atoms with Crippen molar-refractivity contribution in [3.63, 3.8) is 0 Å². The first-order valence-corrected chi connectivity index (χ1v) is 11.0. The van der Waals surface area contributed by atoms with Crippen molar-refractivity contribution in [1.82, 2.24) is 4.57 Å². The molecule has 0 spiro atoms. The lowest BCUT2D eigenvalue weighted by Gasteiger charge is -2.36. The summed E-state index contributed by atoms with van der Waals surface area (Å²) in [5.41, 5.74) is 2.74. The number of hydrogen-bond acceptors (Lipinski definition) is 4. The van der Waals surface area contributed by atoms with Crippen LogP contribution in [-0.4, -0.2) is 9.49 Å². The Balaban J connectivity index is 1.92. The van der Waals surface area contributed by atoms with Crippen molar-refractivity contribution in [2.75, 3.05) is 0 Å². The van der Waals surface area contributed by atoms with Gasteiger partial charge in [0.15, 0.2) is 4.80 Å². The zero-order valence-corrected chi connectivity index (χ0v) is 17.5. The van der Waals surface area contributed by atoms with E-state index in [9.17, 15) is 10.1 Å². The summed E-state index contributed by atoms with van der Waals surface area (Å²) in [4.78, 5) is 16.7. The van der Waals surface area contributed by atoms with Gasteiger partial charge in [0.25, 0.3) is 5.69 Å². The zero-order chi connectivity index (χ0) is 20.4. The fourth-order valence-electron chi connectivity index (χ4n) is 4.28. The van der Waals surface area contributed by atoms with Gasteiger partial charge in [-0.05, 0) is 29.9 Å². The zero-order valence-electron chi connectivity index (χ0n) is 16.7. The van der Waals surface area contributed by atoms with E-state index in [4.69, 9.17) is 4.99 Å². The largest absolute Gasteiger partial charge is 0.313 e. The van der Waals surface area contributed by atoms with Crippen LogP contribution in [0.2, 0.25) is 0 Å². The predicted octanol–water partition coefficient (Wildman–Crippen LogP) is 6.35. The second kappa shape index (κ2) is 8.33. The summed E-state index contributed by atoms with van der Waals surface area (Å²) in [6.45, 7) is 4.65. The Hall–Kier alpha value is -2.73. The Morgan fingerprint density at radius 2 is 1.79 bits per heavy atom. The molecule has 3 aromatic rings. The number of hydrogen-bond donors (Lipinski definition) is 0. The highest BCUT2D eigenvalue weighted by Gasteiger charge is 2.30. The van der Waals surface area contributed by atoms with E-state index < -0.39 is 0 Å². The summed E-state index contributed by atoms with van der Waals surface area (Å²) in [5, 5.41) is 13.6. The van der Waals surface area contributed by atoms with Crippen molar-refractivity contribution in [1.29, 1.82) is 0 Å². The second-order valence-corrected chi connectivity index (χ2v) is 8.67. The van der Waals surface area contributed by atoms with Crippen LogP contribution in [-0.2, 0) is 0 Å². The van der Waals surface area contributed by atoms with Crippen molar-refractivity contribution in [2.24, 2.45) is 16.8 Å². The first-order chi connectivity index (χ1) is 14.1. The number of nitro benzene ring substituents is 1. The molecule has 0 saturated heterocycles. The lowest BCUT2D eigenvalue weighted by molar-refractivity contribution is -0.384.